The molecule has 0 bridgehead atoms. The second-order valence-electron chi connectivity index (χ2n) is 6.43. The first-order valence-electron chi connectivity index (χ1n) is 8.19. The van der Waals surface area contributed by atoms with E-state index in [4.69, 9.17) is 11.5 Å². The first-order valence-corrected chi connectivity index (χ1v) is 8.19. The van der Waals surface area contributed by atoms with Crippen LogP contribution in [0.2, 0.25) is 0 Å². The summed E-state index contributed by atoms with van der Waals surface area (Å²) in [6, 6.07) is 4.42. The Morgan fingerprint density at radius 2 is 1.96 bits per heavy atom. The van der Waals surface area contributed by atoms with E-state index in [-0.39, 0.29) is 24.8 Å². The van der Waals surface area contributed by atoms with Crippen LogP contribution in [0.3, 0.4) is 0 Å². The van der Waals surface area contributed by atoms with E-state index in [9.17, 15) is 0 Å². The van der Waals surface area contributed by atoms with Crippen LogP contribution in [0, 0.1) is 0 Å². The summed E-state index contributed by atoms with van der Waals surface area (Å²) in [6.07, 6.45) is 4.03. The minimum atomic E-state index is 0. The summed E-state index contributed by atoms with van der Waals surface area (Å²) in [5, 5.41) is 7.41. The van der Waals surface area contributed by atoms with Gasteiger partial charge >= 0.3 is 0 Å². The molecule has 0 atom stereocenters. The molecule has 2 aromatic rings. The summed E-state index contributed by atoms with van der Waals surface area (Å²) < 4.78 is 0. The van der Waals surface area contributed by atoms with Crippen molar-refractivity contribution in [2.24, 2.45) is 5.73 Å². The number of nitrogens with zero attached hydrogens (tertiary/aromatic N) is 4. The molecule has 0 aromatic carbocycles. The molecule has 0 amide bonds. The molecule has 0 aliphatic heterocycles. The van der Waals surface area contributed by atoms with Crippen molar-refractivity contribution >= 4 is 36.6 Å². The number of aryl methyl sites for hydroxylation is 1. The number of nitrogens with one attached hydrogen (secondary N) is 1. The summed E-state index contributed by atoms with van der Waals surface area (Å²) >= 11 is 0. The van der Waals surface area contributed by atoms with E-state index in [0.717, 1.165) is 48.6 Å². The minimum absolute atomic E-state index is 0. The Morgan fingerprint density at radius 1 is 1.24 bits per heavy atom. The summed E-state index contributed by atoms with van der Waals surface area (Å²) in [4.78, 5) is 10.8. The monoisotopic (exact) mass is 387 g/mol. The smallest absolute Gasteiger partial charge is 0.222 e. The number of halogens is 2. The summed E-state index contributed by atoms with van der Waals surface area (Å²) in [5.41, 5.74) is 14.9. The SMILES string of the molecule is CCCc1cc(CN(C)c2cc(C3CC(N)C3)nc(N)n2)[nH]n1.Cl.Cl. The molecule has 1 aliphatic carbocycles. The van der Waals surface area contributed by atoms with Gasteiger partial charge in [0, 0.05) is 25.1 Å². The van der Waals surface area contributed by atoms with Crippen molar-refractivity contribution in [3.63, 3.8) is 0 Å². The van der Waals surface area contributed by atoms with E-state index in [1.165, 1.54) is 0 Å². The van der Waals surface area contributed by atoms with Crippen molar-refractivity contribution in [1.82, 2.24) is 20.2 Å². The lowest BCUT2D eigenvalue weighted by Crippen LogP contribution is -2.35. The highest BCUT2D eigenvalue weighted by Gasteiger charge is 2.29. The van der Waals surface area contributed by atoms with Crippen LogP contribution in [-0.2, 0) is 13.0 Å². The number of nitrogens with two attached hydrogens (primary N) is 2. The minimum Gasteiger partial charge on any atom is -0.368 e. The van der Waals surface area contributed by atoms with E-state index in [0.29, 0.717) is 24.5 Å². The number of aromatic amines is 1. The fraction of sp³-hybridized carbons (Fsp3) is 0.562. The predicted octanol–water partition coefficient (Wildman–Crippen LogP) is 2.42. The van der Waals surface area contributed by atoms with Crippen LogP contribution in [0.25, 0.3) is 0 Å². The molecule has 0 radical (unpaired) electrons. The number of hydrogen-bond donors (Lipinski definition) is 3. The Hall–Kier alpha value is -1.57. The third-order valence-electron chi connectivity index (χ3n) is 4.33. The topological polar surface area (TPSA) is 110 Å². The van der Waals surface area contributed by atoms with Gasteiger partial charge in [-0.3, -0.25) is 5.10 Å². The molecule has 25 heavy (non-hydrogen) atoms. The van der Waals surface area contributed by atoms with Gasteiger partial charge in [0.05, 0.1) is 23.6 Å². The number of anilines is 2. The largest absolute Gasteiger partial charge is 0.368 e. The highest BCUT2D eigenvalue weighted by atomic mass is 35.5. The van der Waals surface area contributed by atoms with Crippen molar-refractivity contribution in [1.29, 1.82) is 0 Å². The second kappa shape index (κ2) is 9.22. The molecule has 2 heterocycles. The van der Waals surface area contributed by atoms with Gasteiger partial charge in [0.15, 0.2) is 0 Å². The van der Waals surface area contributed by atoms with Crippen LogP contribution in [0.4, 0.5) is 11.8 Å². The summed E-state index contributed by atoms with van der Waals surface area (Å²) in [7, 11) is 2.00. The van der Waals surface area contributed by atoms with Crippen LogP contribution >= 0.6 is 24.8 Å². The molecule has 0 unspecified atom stereocenters. The molecule has 1 fully saturated rings. The third kappa shape index (κ3) is 5.20. The lowest BCUT2D eigenvalue weighted by atomic mass is 9.78. The fourth-order valence-corrected chi connectivity index (χ4v) is 2.99. The van der Waals surface area contributed by atoms with Gasteiger partial charge in [0.2, 0.25) is 5.95 Å². The third-order valence-corrected chi connectivity index (χ3v) is 4.33. The molecule has 1 saturated carbocycles. The number of rotatable bonds is 6. The van der Waals surface area contributed by atoms with Crippen molar-refractivity contribution in [2.45, 2.75) is 51.1 Å². The lowest BCUT2D eigenvalue weighted by Gasteiger charge is -2.32. The number of H-pyrrole nitrogens is 1. The molecule has 2 aromatic heterocycles. The van der Waals surface area contributed by atoms with E-state index in [2.05, 4.69) is 38.1 Å². The van der Waals surface area contributed by atoms with Crippen LogP contribution in [0.15, 0.2) is 12.1 Å². The van der Waals surface area contributed by atoms with Crippen LogP contribution in [-0.4, -0.2) is 33.3 Å². The number of nitrogen functional groups attached to an aromatic ring is 1. The molecule has 3 rings (SSSR count). The number of hydrogen-bond acceptors (Lipinski definition) is 6. The Bertz CT molecular complexity index is 670. The fourth-order valence-electron chi connectivity index (χ4n) is 2.99. The van der Waals surface area contributed by atoms with Crippen molar-refractivity contribution in [2.75, 3.05) is 17.7 Å². The maximum absolute atomic E-state index is 5.89. The van der Waals surface area contributed by atoms with E-state index in [1.807, 2.05) is 13.1 Å². The number of aromatic nitrogens is 4. The highest BCUT2D eigenvalue weighted by molar-refractivity contribution is 5.85. The maximum atomic E-state index is 5.89. The average molecular weight is 388 g/mol. The maximum Gasteiger partial charge on any atom is 0.222 e. The van der Waals surface area contributed by atoms with E-state index < -0.39 is 0 Å². The molecule has 0 spiro atoms. The molecule has 0 saturated heterocycles. The standard InChI is InChI=1S/C16H25N7.2ClH/c1-3-4-12-7-13(22-21-12)9-23(2)15-8-14(19-16(18)20-15)10-5-11(17)6-10;;/h7-8,10-11H,3-6,9,17H2,1-2H3,(H,21,22)(H2,18,19,20);2*1H. The first kappa shape index (κ1) is 21.5. The molecule has 140 valence electrons. The van der Waals surface area contributed by atoms with Crippen LogP contribution in [0.1, 0.15) is 49.2 Å². The quantitative estimate of drug-likeness (QED) is 0.701. The van der Waals surface area contributed by atoms with E-state index >= 15 is 0 Å². The zero-order chi connectivity index (χ0) is 16.4. The van der Waals surface area contributed by atoms with Gasteiger partial charge in [-0.05, 0) is 25.3 Å². The predicted molar refractivity (Wildman–Crippen MR) is 106 cm³/mol. The molecule has 1 aliphatic rings. The van der Waals surface area contributed by atoms with Gasteiger partial charge in [-0.15, -0.1) is 24.8 Å². The van der Waals surface area contributed by atoms with Crippen LogP contribution in [0.5, 0.6) is 0 Å². The van der Waals surface area contributed by atoms with Crippen LogP contribution < -0.4 is 16.4 Å². The lowest BCUT2D eigenvalue weighted by molar-refractivity contribution is 0.345. The Morgan fingerprint density at radius 3 is 2.60 bits per heavy atom. The van der Waals surface area contributed by atoms with Gasteiger partial charge in [0.25, 0.3) is 0 Å². The molecule has 5 N–H and O–H groups in total. The molecule has 7 nitrogen and oxygen atoms in total. The van der Waals surface area contributed by atoms with Gasteiger partial charge in [-0.25, -0.2) is 4.98 Å². The molecule has 9 heteroatoms. The summed E-state index contributed by atoms with van der Waals surface area (Å²) in [5.74, 6) is 1.56. The van der Waals surface area contributed by atoms with Crippen molar-refractivity contribution in [3.8, 4) is 0 Å². The van der Waals surface area contributed by atoms with Gasteiger partial charge in [-0.1, -0.05) is 13.3 Å². The molecular formula is C16H27Cl2N7. The Labute approximate surface area is 160 Å². The van der Waals surface area contributed by atoms with Gasteiger partial charge in [0.1, 0.15) is 5.82 Å². The first-order chi connectivity index (χ1) is 11.0. The zero-order valence-corrected chi connectivity index (χ0v) is 16.2. The van der Waals surface area contributed by atoms with E-state index in [1.54, 1.807) is 0 Å². The molecular weight excluding hydrogens is 361 g/mol. The van der Waals surface area contributed by atoms with Crippen molar-refractivity contribution < 1.29 is 0 Å². The summed E-state index contributed by atoms with van der Waals surface area (Å²) in [6.45, 7) is 2.86. The highest BCUT2D eigenvalue weighted by Crippen LogP contribution is 2.35. The average Bonchev–Trinajstić information content (AvgIpc) is 2.91. The zero-order valence-electron chi connectivity index (χ0n) is 14.6. The van der Waals surface area contributed by atoms with Gasteiger partial charge < -0.3 is 16.4 Å². The second-order valence-corrected chi connectivity index (χ2v) is 6.43. The van der Waals surface area contributed by atoms with Crippen molar-refractivity contribution in [3.05, 3.63) is 29.2 Å². The van der Waals surface area contributed by atoms with Gasteiger partial charge in [-0.2, -0.15) is 10.1 Å². The normalized spacial score (nSPS) is 18.7. The Kier molecular flexibility index (Phi) is 7.92. The Balaban J connectivity index is 0.00000156.